The fourth-order valence-electron chi connectivity index (χ4n) is 3.73. The topological polar surface area (TPSA) is 55.0 Å². The molecule has 0 aliphatic carbocycles. The van der Waals surface area contributed by atoms with Crippen LogP contribution in [0.25, 0.3) is 11.0 Å². The van der Waals surface area contributed by atoms with Gasteiger partial charge in [-0.05, 0) is 43.9 Å². The van der Waals surface area contributed by atoms with Crippen LogP contribution in [0.2, 0.25) is 0 Å². The lowest BCUT2D eigenvalue weighted by Gasteiger charge is -2.32. The summed E-state index contributed by atoms with van der Waals surface area (Å²) in [4.78, 5) is 10.2. The van der Waals surface area contributed by atoms with Gasteiger partial charge in [0.1, 0.15) is 5.75 Å². The van der Waals surface area contributed by atoms with Crippen molar-refractivity contribution < 1.29 is 4.55 Å². The van der Waals surface area contributed by atoms with Crippen LogP contribution in [0, 0.1) is 6.92 Å². The number of hydrogen-bond acceptors (Lipinski definition) is 3. The summed E-state index contributed by atoms with van der Waals surface area (Å²) in [6.07, 6.45) is 2.30. The van der Waals surface area contributed by atoms with E-state index in [1.807, 2.05) is 25.1 Å². The van der Waals surface area contributed by atoms with Crippen LogP contribution < -0.4 is 4.90 Å². The Hall–Kier alpha value is -1.98. The largest absolute Gasteiger partial charge is 0.609 e. The molecule has 4 rings (SSSR count). The Labute approximate surface area is 151 Å². The predicted octanol–water partition coefficient (Wildman–Crippen LogP) is 3.95. The molecule has 0 spiro atoms. The molecule has 1 N–H and O–H groups in total. The van der Waals surface area contributed by atoms with Crippen LogP contribution in [-0.4, -0.2) is 27.6 Å². The second-order valence-electron chi connectivity index (χ2n) is 6.61. The quantitative estimate of drug-likeness (QED) is 0.723. The fraction of sp³-hybridized carbons (Fsp3) is 0.350. The average Bonchev–Trinajstić information content (AvgIpc) is 3.07. The van der Waals surface area contributed by atoms with Crippen molar-refractivity contribution in [3.63, 3.8) is 0 Å². The molecular weight excluding hydrogens is 330 g/mol. The number of nitrogens with zero attached hydrogens (tertiary/aromatic N) is 2. The molecule has 130 valence electrons. The number of imidazole rings is 1. The van der Waals surface area contributed by atoms with Gasteiger partial charge in [0.15, 0.2) is 0 Å². The molecule has 0 bridgehead atoms. The predicted molar refractivity (Wildman–Crippen MR) is 104 cm³/mol. The van der Waals surface area contributed by atoms with Crippen LogP contribution in [0.4, 0.5) is 5.69 Å². The van der Waals surface area contributed by atoms with Crippen LogP contribution in [0.5, 0.6) is 0 Å². The minimum absolute atomic E-state index is 0.499. The van der Waals surface area contributed by atoms with Gasteiger partial charge in [-0.15, -0.1) is 0 Å². The van der Waals surface area contributed by atoms with Gasteiger partial charge in [0.05, 0.1) is 11.0 Å². The van der Waals surface area contributed by atoms with Crippen molar-refractivity contribution in [1.82, 2.24) is 9.97 Å². The SMILES string of the molecule is CCN1CCCc2cccc(C[S+]([O-])c3nc4c(C)cccc4[nH]3)c21. The van der Waals surface area contributed by atoms with Crippen LogP contribution in [-0.2, 0) is 23.3 Å². The van der Waals surface area contributed by atoms with Crippen molar-refractivity contribution in [2.45, 2.75) is 37.6 Å². The summed E-state index contributed by atoms with van der Waals surface area (Å²) >= 11 is -1.18. The number of hydrogen-bond donors (Lipinski definition) is 1. The van der Waals surface area contributed by atoms with Gasteiger partial charge in [-0.25, -0.2) is 0 Å². The lowest BCUT2D eigenvalue weighted by atomic mass is 9.98. The molecule has 0 amide bonds. The monoisotopic (exact) mass is 353 g/mol. The molecule has 3 aromatic rings. The molecule has 4 nitrogen and oxygen atoms in total. The molecular formula is C20H23N3OS. The molecule has 5 heteroatoms. The molecule has 1 aliphatic rings. The smallest absolute Gasteiger partial charge is 0.321 e. The molecule has 25 heavy (non-hydrogen) atoms. The highest BCUT2D eigenvalue weighted by molar-refractivity contribution is 7.90. The Bertz CT molecular complexity index is 905. The third-order valence-electron chi connectivity index (χ3n) is 4.97. The zero-order valence-corrected chi connectivity index (χ0v) is 15.5. The Balaban J connectivity index is 1.66. The first-order chi connectivity index (χ1) is 12.2. The summed E-state index contributed by atoms with van der Waals surface area (Å²) in [5.74, 6) is 0.499. The second kappa shape index (κ2) is 6.73. The molecule has 0 radical (unpaired) electrons. The summed E-state index contributed by atoms with van der Waals surface area (Å²) < 4.78 is 13.0. The number of fused-ring (bicyclic) bond motifs is 2. The summed E-state index contributed by atoms with van der Waals surface area (Å²) in [6.45, 7) is 6.28. The van der Waals surface area contributed by atoms with E-state index in [9.17, 15) is 4.55 Å². The van der Waals surface area contributed by atoms with E-state index in [-0.39, 0.29) is 0 Å². The zero-order valence-electron chi connectivity index (χ0n) is 14.7. The standard InChI is InChI=1S/C20H23N3OS/c1-3-23-12-6-10-15-8-5-9-16(19(15)23)13-25(24)20-21-17-11-4-7-14(2)18(17)22-20/h4-5,7-9,11H,3,6,10,12-13H2,1-2H3,(H,21,22). The van der Waals surface area contributed by atoms with E-state index in [4.69, 9.17) is 0 Å². The molecule has 2 aromatic carbocycles. The number of nitrogens with one attached hydrogen (secondary N) is 1. The Morgan fingerprint density at radius 2 is 2.08 bits per heavy atom. The van der Waals surface area contributed by atoms with Crippen LogP contribution in [0.15, 0.2) is 41.6 Å². The van der Waals surface area contributed by atoms with Gasteiger partial charge in [-0.2, -0.15) is 4.98 Å². The van der Waals surface area contributed by atoms with Gasteiger partial charge in [-0.1, -0.05) is 30.3 Å². The average molecular weight is 353 g/mol. The molecule has 1 aromatic heterocycles. The van der Waals surface area contributed by atoms with E-state index >= 15 is 0 Å². The van der Waals surface area contributed by atoms with Crippen molar-refractivity contribution in [2.75, 3.05) is 18.0 Å². The summed E-state index contributed by atoms with van der Waals surface area (Å²) in [7, 11) is 0. The van der Waals surface area contributed by atoms with Crippen molar-refractivity contribution in [1.29, 1.82) is 0 Å². The van der Waals surface area contributed by atoms with Crippen LogP contribution >= 0.6 is 0 Å². The third-order valence-corrected chi connectivity index (χ3v) is 6.17. The number of H-pyrrole nitrogens is 1. The van der Waals surface area contributed by atoms with Gasteiger partial charge in [0, 0.05) is 35.5 Å². The van der Waals surface area contributed by atoms with Crippen LogP contribution in [0.3, 0.4) is 0 Å². The van der Waals surface area contributed by atoms with Gasteiger partial charge in [-0.3, -0.25) is 4.98 Å². The first-order valence-electron chi connectivity index (χ1n) is 8.86. The van der Waals surface area contributed by atoms with E-state index in [1.54, 1.807) is 0 Å². The molecule has 1 aliphatic heterocycles. The maximum absolute atomic E-state index is 13.0. The third kappa shape index (κ3) is 3.02. The van der Waals surface area contributed by atoms with Gasteiger partial charge in [0.2, 0.25) is 0 Å². The minimum Gasteiger partial charge on any atom is -0.609 e. The van der Waals surface area contributed by atoms with Gasteiger partial charge >= 0.3 is 5.16 Å². The number of aryl methyl sites for hydroxylation is 2. The number of rotatable bonds is 4. The van der Waals surface area contributed by atoms with E-state index in [1.165, 1.54) is 17.7 Å². The number of aromatic nitrogens is 2. The highest BCUT2D eigenvalue weighted by atomic mass is 32.2. The number of aromatic amines is 1. The van der Waals surface area contributed by atoms with Gasteiger partial charge < -0.3 is 9.45 Å². The molecule has 0 fully saturated rings. The van der Waals surface area contributed by atoms with E-state index in [0.717, 1.165) is 41.7 Å². The first kappa shape index (κ1) is 16.5. The van der Waals surface area contributed by atoms with E-state index < -0.39 is 11.2 Å². The molecule has 0 saturated heterocycles. The molecule has 2 heterocycles. The highest BCUT2D eigenvalue weighted by Gasteiger charge is 2.24. The normalized spacial score (nSPS) is 15.4. The van der Waals surface area contributed by atoms with Crippen molar-refractivity contribution in [2.24, 2.45) is 0 Å². The van der Waals surface area contributed by atoms with E-state index in [2.05, 4.69) is 40.0 Å². The molecule has 1 unspecified atom stereocenters. The molecule has 0 saturated carbocycles. The lowest BCUT2D eigenvalue weighted by Crippen LogP contribution is -2.30. The lowest BCUT2D eigenvalue weighted by molar-refractivity contribution is 0.587. The number of benzene rings is 2. The summed E-state index contributed by atoms with van der Waals surface area (Å²) in [5, 5.41) is 0.570. The maximum atomic E-state index is 13.0. The number of anilines is 1. The van der Waals surface area contributed by atoms with Crippen molar-refractivity contribution in [3.8, 4) is 0 Å². The first-order valence-corrected chi connectivity index (χ1v) is 10.2. The Morgan fingerprint density at radius 3 is 2.88 bits per heavy atom. The van der Waals surface area contributed by atoms with Crippen molar-refractivity contribution >= 4 is 27.9 Å². The zero-order chi connectivity index (χ0) is 17.4. The summed E-state index contributed by atoms with van der Waals surface area (Å²) in [6, 6.07) is 12.4. The van der Waals surface area contributed by atoms with Gasteiger partial charge in [0.25, 0.3) is 0 Å². The number of para-hydroxylation sites is 2. The van der Waals surface area contributed by atoms with E-state index in [0.29, 0.717) is 10.9 Å². The summed E-state index contributed by atoms with van der Waals surface area (Å²) in [5.41, 5.74) is 6.80. The fourth-order valence-corrected chi connectivity index (χ4v) is 4.80. The maximum Gasteiger partial charge on any atom is 0.321 e. The minimum atomic E-state index is -1.18. The highest BCUT2D eigenvalue weighted by Crippen LogP contribution is 2.33. The second-order valence-corrected chi connectivity index (χ2v) is 7.98. The Kier molecular flexibility index (Phi) is 4.44. The van der Waals surface area contributed by atoms with Crippen LogP contribution in [0.1, 0.15) is 30.0 Å². The van der Waals surface area contributed by atoms with Crippen molar-refractivity contribution in [3.05, 3.63) is 53.1 Å². The Morgan fingerprint density at radius 1 is 1.24 bits per heavy atom. The molecule has 1 atom stereocenters.